The van der Waals surface area contributed by atoms with Crippen LogP contribution in [0.4, 0.5) is 0 Å². The summed E-state index contributed by atoms with van der Waals surface area (Å²) in [4.78, 5) is 2.39. The molecule has 19 heavy (non-hydrogen) atoms. The number of methoxy groups -OCH3 is 1. The smallest absolute Gasteiger partial charge is 0.0701 e. The first-order valence-electron chi connectivity index (χ1n) is 7.30. The van der Waals surface area contributed by atoms with Gasteiger partial charge in [0.1, 0.15) is 0 Å². The second-order valence-corrected chi connectivity index (χ2v) is 4.76. The van der Waals surface area contributed by atoms with E-state index < -0.39 is 0 Å². The molecule has 0 saturated heterocycles. The lowest BCUT2D eigenvalue weighted by atomic mass is 10.4. The number of likely N-dealkylation sites (N-methyl/N-ethyl adjacent to an activating group) is 1. The van der Waals surface area contributed by atoms with Gasteiger partial charge in [-0.25, -0.2) is 0 Å². The van der Waals surface area contributed by atoms with Crippen LogP contribution >= 0.6 is 0 Å². The minimum Gasteiger partial charge on any atom is -0.382 e. The average molecular weight is 276 g/mol. The minimum atomic E-state index is 0.555. The first kappa shape index (κ1) is 18.8. The molecule has 116 valence electrons. The van der Waals surface area contributed by atoms with Gasteiger partial charge >= 0.3 is 0 Å². The second kappa shape index (κ2) is 14.2. The second-order valence-electron chi connectivity index (χ2n) is 4.76. The Labute approximate surface area is 118 Å². The molecule has 5 heteroatoms. The van der Waals surface area contributed by atoms with Crippen molar-refractivity contribution in [3.8, 4) is 0 Å². The molecule has 0 amide bonds. The van der Waals surface area contributed by atoms with Crippen molar-refractivity contribution < 1.29 is 14.2 Å². The van der Waals surface area contributed by atoms with Crippen molar-refractivity contribution in [3.05, 3.63) is 0 Å². The highest BCUT2D eigenvalue weighted by atomic mass is 16.5. The molecular weight excluding hydrogens is 244 g/mol. The topological polar surface area (TPSA) is 43.0 Å². The normalized spacial score (nSPS) is 11.7. The summed E-state index contributed by atoms with van der Waals surface area (Å²) in [5.41, 5.74) is 0. The maximum atomic E-state index is 5.55. The van der Waals surface area contributed by atoms with Crippen LogP contribution in [-0.4, -0.2) is 77.3 Å². The Balaban J connectivity index is 3.31. The van der Waals surface area contributed by atoms with E-state index in [1.54, 1.807) is 7.11 Å². The van der Waals surface area contributed by atoms with Crippen LogP contribution in [0.5, 0.6) is 0 Å². The zero-order chi connectivity index (χ0) is 14.3. The molecule has 0 aromatic heterocycles. The van der Waals surface area contributed by atoms with Crippen molar-refractivity contribution in [2.75, 3.05) is 66.3 Å². The third kappa shape index (κ3) is 14.0. The van der Waals surface area contributed by atoms with E-state index in [1.807, 2.05) is 0 Å². The van der Waals surface area contributed by atoms with Gasteiger partial charge in [-0.1, -0.05) is 20.8 Å². The molecule has 0 rings (SSSR count). The largest absolute Gasteiger partial charge is 0.382 e. The number of nitrogens with one attached hydrogen (secondary N) is 1. The summed E-state index contributed by atoms with van der Waals surface area (Å²) in [6, 6.07) is 0.555. The molecule has 0 aliphatic carbocycles. The predicted octanol–water partition coefficient (Wildman–Crippen LogP) is 0.986. The lowest BCUT2D eigenvalue weighted by Gasteiger charge is -2.21. The van der Waals surface area contributed by atoms with Gasteiger partial charge in [-0.05, 0) is 6.54 Å². The fraction of sp³-hybridized carbons (Fsp3) is 1.00. The lowest BCUT2D eigenvalue weighted by molar-refractivity contribution is 0.0198. The molecule has 0 aliphatic heterocycles. The van der Waals surface area contributed by atoms with Crippen LogP contribution in [0.3, 0.4) is 0 Å². The third-order valence-corrected chi connectivity index (χ3v) is 2.78. The van der Waals surface area contributed by atoms with Gasteiger partial charge in [0.2, 0.25) is 0 Å². The van der Waals surface area contributed by atoms with Gasteiger partial charge in [-0.2, -0.15) is 0 Å². The van der Waals surface area contributed by atoms with Crippen LogP contribution in [0, 0.1) is 0 Å². The van der Waals surface area contributed by atoms with Crippen molar-refractivity contribution in [3.63, 3.8) is 0 Å². The Kier molecular flexibility index (Phi) is 14.1. The van der Waals surface area contributed by atoms with Crippen LogP contribution in [0.2, 0.25) is 0 Å². The molecule has 0 aromatic rings. The van der Waals surface area contributed by atoms with Gasteiger partial charge in [-0.15, -0.1) is 0 Å². The molecule has 1 N–H and O–H groups in total. The summed E-state index contributed by atoms with van der Waals surface area (Å²) >= 11 is 0. The van der Waals surface area contributed by atoms with E-state index in [0.29, 0.717) is 32.5 Å². The van der Waals surface area contributed by atoms with Crippen LogP contribution in [-0.2, 0) is 14.2 Å². The highest BCUT2D eigenvalue weighted by molar-refractivity contribution is 4.59. The van der Waals surface area contributed by atoms with E-state index >= 15 is 0 Å². The molecule has 0 aliphatic rings. The highest BCUT2D eigenvalue weighted by Gasteiger charge is 2.02. The van der Waals surface area contributed by atoms with Crippen LogP contribution < -0.4 is 5.32 Å². The lowest BCUT2D eigenvalue weighted by Crippen LogP contribution is -2.36. The summed E-state index contributed by atoms with van der Waals surface area (Å²) in [5, 5.41) is 3.43. The molecule has 0 fully saturated rings. The molecule has 0 aromatic carbocycles. The summed E-state index contributed by atoms with van der Waals surface area (Å²) in [5.74, 6) is 0. The van der Waals surface area contributed by atoms with Gasteiger partial charge in [0, 0.05) is 32.8 Å². The highest BCUT2D eigenvalue weighted by Crippen LogP contribution is 1.89. The monoisotopic (exact) mass is 276 g/mol. The van der Waals surface area contributed by atoms with E-state index in [4.69, 9.17) is 14.2 Å². The molecule has 0 atom stereocenters. The van der Waals surface area contributed by atoms with Gasteiger partial charge in [0.15, 0.2) is 0 Å². The van der Waals surface area contributed by atoms with Crippen molar-refractivity contribution in [2.24, 2.45) is 0 Å². The summed E-state index contributed by atoms with van der Waals surface area (Å²) in [6.07, 6.45) is 0. The van der Waals surface area contributed by atoms with E-state index in [0.717, 1.165) is 32.8 Å². The summed E-state index contributed by atoms with van der Waals surface area (Å²) < 4.78 is 15.8. The predicted molar refractivity (Wildman–Crippen MR) is 78.8 cm³/mol. The van der Waals surface area contributed by atoms with Crippen LogP contribution in [0.1, 0.15) is 20.8 Å². The van der Waals surface area contributed by atoms with E-state index in [2.05, 4.69) is 31.0 Å². The third-order valence-electron chi connectivity index (χ3n) is 2.78. The number of ether oxygens (including phenoxy) is 3. The molecule has 5 nitrogen and oxygen atoms in total. The first-order valence-corrected chi connectivity index (χ1v) is 7.30. The van der Waals surface area contributed by atoms with Crippen LogP contribution in [0.25, 0.3) is 0 Å². The fourth-order valence-corrected chi connectivity index (χ4v) is 1.60. The van der Waals surface area contributed by atoms with E-state index in [1.165, 1.54) is 0 Å². The van der Waals surface area contributed by atoms with Crippen molar-refractivity contribution in [1.82, 2.24) is 10.2 Å². The SMILES string of the molecule is CCN(CCNC(C)C)CCOCCOCCOC. The van der Waals surface area contributed by atoms with Crippen molar-refractivity contribution in [1.29, 1.82) is 0 Å². The van der Waals surface area contributed by atoms with Gasteiger partial charge in [-0.3, -0.25) is 0 Å². The number of hydrogen-bond donors (Lipinski definition) is 1. The zero-order valence-corrected chi connectivity index (χ0v) is 13.1. The van der Waals surface area contributed by atoms with Crippen molar-refractivity contribution >= 4 is 0 Å². The van der Waals surface area contributed by atoms with Crippen LogP contribution in [0.15, 0.2) is 0 Å². The Morgan fingerprint density at radius 3 is 2.16 bits per heavy atom. The number of rotatable bonds is 14. The molecule has 0 radical (unpaired) electrons. The van der Waals surface area contributed by atoms with E-state index in [-0.39, 0.29) is 0 Å². The molecule has 0 saturated carbocycles. The van der Waals surface area contributed by atoms with Gasteiger partial charge in [0.25, 0.3) is 0 Å². The fourth-order valence-electron chi connectivity index (χ4n) is 1.60. The number of hydrogen-bond acceptors (Lipinski definition) is 5. The standard InChI is InChI=1S/C14H32N2O3/c1-5-16(7-6-15-14(2)3)8-9-18-12-13-19-11-10-17-4/h14-15H,5-13H2,1-4H3. The maximum absolute atomic E-state index is 5.55. The molecule has 0 bridgehead atoms. The minimum absolute atomic E-state index is 0.555. The summed E-state index contributed by atoms with van der Waals surface area (Å²) in [7, 11) is 1.67. The van der Waals surface area contributed by atoms with Gasteiger partial charge < -0.3 is 24.4 Å². The summed E-state index contributed by atoms with van der Waals surface area (Å²) in [6.45, 7) is 14.0. The van der Waals surface area contributed by atoms with Gasteiger partial charge in [0.05, 0.1) is 33.0 Å². The molecule has 0 spiro atoms. The average Bonchev–Trinajstić information content (AvgIpc) is 2.39. The number of nitrogens with zero attached hydrogens (tertiary/aromatic N) is 1. The first-order chi connectivity index (χ1) is 9.20. The molecular formula is C14H32N2O3. The molecule has 0 heterocycles. The molecule has 0 unspecified atom stereocenters. The Morgan fingerprint density at radius 2 is 1.58 bits per heavy atom. The Morgan fingerprint density at radius 1 is 0.947 bits per heavy atom. The quantitative estimate of drug-likeness (QED) is 0.479. The zero-order valence-electron chi connectivity index (χ0n) is 13.1. The Hall–Kier alpha value is -0.200. The van der Waals surface area contributed by atoms with E-state index in [9.17, 15) is 0 Å². The van der Waals surface area contributed by atoms with Crippen molar-refractivity contribution in [2.45, 2.75) is 26.8 Å². The Bertz CT molecular complexity index is 180. The maximum Gasteiger partial charge on any atom is 0.0701 e.